The molecule has 88 valence electrons. The molecule has 0 bridgehead atoms. The van der Waals surface area contributed by atoms with Crippen LogP contribution in [0.1, 0.15) is 19.4 Å². The molecule has 0 unspecified atom stereocenters. The topological polar surface area (TPSA) is 50.1 Å². The maximum absolute atomic E-state index is 11.3. The Labute approximate surface area is 109 Å². The number of carbonyl (C=O) groups excluding carboxylic acids is 1. The summed E-state index contributed by atoms with van der Waals surface area (Å²) in [6, 6.07) is 9.21. The lowest BCUT2D eigenvalue weighted by atomic mass is 10.1. The highest BCUT2D eigenvalue weighted by atomic mass is 79.9. The fourth-order valence-corrected chi connectivity index (χ4v) is 1.31. The van der Waals surface area contributed by atoms with Crippen molar-refractivity contribution >= 4 is 27.5 Å². The highest BCUT2D eigenvalue weighted by Gasteiger charge is 2.08. The van der Waals surface area contributed by atoms with E-state index in [1.165, 1.54) is 6.26 Å². The molecule has 0 amide bonds. The van der Waals surface area contributed by atoms with Crippen LogP contribution < -0.4 is 0 Å². The van der Waals surface area contributed by atoms with Crippen LogP contribution in [0.3, 0.4) is 0 Å². The highest BCUT2D eigenvalue weighted by Crippen LogP contribution is 2.17. The molecule has 1 aromatic rings. The van der Waals surface area contributed by atoms with Crippen molar-refractivity contribution < 1.29 is 9.53 Å². The third kappa shape index (κ3) is 4.04. The van der Waals surface area contributed by atoms with E-state index in [1.807, 2.05) is 18.2 Å². The Bertz CT molecular complexity index is 469. The van der Waals surface area contributed by atoms with Crippen molar-refractivity contribution in [2.24, 2.45) is 5.92 Å². The minimum absolute atomic E-state index is 0.212. The Morgan fingerprint density at radius 3 is 2.47 bits per heavy atom. The molecule has 0 radical (unpaired) electrons. The average Bonchev–Trinajstić information content (AvgIpc) is 2.31. The average molecular weight is 294 g/mol. The number of hydrogen-bond donors (Lipinski definition) is 0. The molecule has 0 fully saturated rings. The molecular weight excluding hydrogens is 282 g/mol. The fraction of sp³-hybridized carbons (Fsp3) is 0.231. The van der Waals surface area contributed by atoms with E-state index >= 15 is 0 Å². The van der Waals surface area contributed by atoms with Gasteiger partial charge in [0.2, 0.25) is 0 Å². The zero-order chi connectivity index (χ0) is 12.8. The van der Waals surface area contributed by atoms with E-state index in [-0.39, 0.29) is 11.9 Å². The van der Waals surface area contributed by atoms with Gasteiger partial charge in [0.1, 0.15) is 12.3 Å². The molecule has 3 nitrogen and oxygen atoms in total. The van der Waals surface area contributed by atoms with Crippen molar-refractivity contribution in [3.63, 3.8) is 0 Å². The zero-order valence-electron chi connectivity index (χ0n) is 9.61. The van der Waals surface area contributed by atoms with Crippen LogP contribution in [-0.2, 0) is 9.53 Å². The van der Waals surface area contributed by atoms with E-state index in [1.54, 1.807) is 26.0 Å². The van der Waals surface area contributed by atoms with Gasteiger partial charge < -0.3 is 4.74 Å². The lowest BCUT2D eigenvalue weighted by Gasteiger charge is -2.03. The Morgan fingerprint density at radius 2 is 2.00 bits per heavy atom. The number of nitriles is 1. The van der Waals surface area contributed by atoms with Crippen molar-refractivity contribution in [1.82, 2.24) is 0 Å². The van der Waals surface area contributed by atoms with Crippen LogP contribution in [0.25, 0.3) is 5.57 Å². The van der Waals surface area contributed by atoms with Crippen LogP contribution in [0.2, 0.25) is 0 Å². The van der Waals surface area contributed by atoms with Gasteiger partial charge in [0.15, 0.2) is 0 Å². The molecule has 0 aliphatic rings. The molecule has 1 rings (SSSR count). The van der Waals surface area contributed by atoms with E-state index in [9.17, 15) is 4.79 Å². The van der Waals surface area contributed by atoms with Crippen LogP contribution in [0.15, 0.2) is 35.0 Å². The van der Waals surface area contributed by atoms with Gasteiger partial charge in [-0.25, -0.2) is 0 Å². The summed E-state index contributed by atoms with van der Waals surface area (Å²) < 4.78 is 5.83. The molecule has 1 aromatic carbocycles. The monoisotopic (exact) mass is 293 g/mol. The number of ether oxygens (including phenoxy) is 1. The predicted molar refractivity (Wildman–Crippen MR) is 68.7 cm³/mol. The minimum atomic E-state index is -0.352. The zero-order valence-corrected chi connectivity index (χ0v) is 11.2. The first kappa shape index (κ1) is 13.5. The van der Waals surface area contributed by atoms with Gasteiger partial charge in [-0.1, -0.05) is 41.9 Å². The summed E-state index contributed by atoms with van der Waals surface area (Å²) in [7, 11) is 0. The first-order valence-corrected chi connectivity index (χ1v) is 5.90. The highest BCUT2D eigenvalue weighted by molar-refractivity contribution is 9.10. The van der Waals surface area contributed by atoms with E-state index in [4.69, 9.17) is 10.00 Å². The number of allylic oxidation sites excluding steroid dienone is 1. The molecule has 4 heteroatoms. The quantitative estimate of drug-likeness (QED) is 0.487. The molecule has 0 saturated heterocycles. The smallest absolute Gasteiger partial charge is 0.313 e. The first-order chi connectivity index (χ1) is 8.04. The van der Waals surface area contributed by atoms with Crippen molar-refractivity contribution in [3.05, 3.63) is 40.6 Å². The Kier molecular flexibility index (Phi) is 4.92. The standard InChI is InChI=1S/C13H12BrNO2/c1-9(2)13(16)17-8-11(7-15)10-3-5-12(14)6-4-10/h3-6,8-9H,1-2H3/b11-8+. The van der Waals surface area contributed by atoms with Gasteiger partial charge in [0.25, 0.3) is 0 Å². The summed E-state index contributed by atoms with van der Waals surface area (Å²) in [4.78, 5) is 11.3. The largest absolute Gasteiger partial charge is 0.433 e. The lowest BCUT2D eigenvalue weighted by Crippen LogP contribution is -2.08. The fourth-order valence-electron chi connectivity index (χ4n) is 1.04. The van der Waals surface area contributed by atoms with Gasteiger partial charge in [-0.05, 0) is 17.7 Å². The maximum atomic E-state index is 11.3. The molecule has 0 aliphatic heterocycles. The van der Waals surface area contributed by atoms with Gasteiger partial charge in [0.05, 0.1) is 11.5 Å². The van der Waals surface area contributed by atoms with E-state index in [2.05, 4.69) is 15.9 Å². The molecule has 0 aromatic heterocycles. The van der Waals surface area contributed by atoms with Crippen molar-refractivity contribution in [2.75, 3.05) is 0 Å². The van der Waals surface area contributed by atoms with Gasteiger partial charge >= 0.3 is 5.97 Å². The molecule has 0 atom stereocenters. The number of halogens is 1. The first-order valence-electron chi connectivity index (χ1n) is 5.11. The SMILES string of the molecule is CC(C)C(=O)O/C=C(\C#N)c1ccc(Br)cc1. The summed E-state index contributed by atoms with van der Waals surface area (Å²) >= 11 is 3.31. The third-order valence-corrected chi connectivity index (χ3v) is 2.57. The molecule has 0 aliphatic carbocycles. The van der Waals surface area contributed by atoms with Gasteiger partial charge in [0, 0.05) is 4.47 Å². The number of hydrogen-bond acceptors (Lipinski definition) is 3. The van der Waals surface area contributed by atoms with Crippen LogP contribution in [0.4, 0.5) is 0 Å². The third-order valence-electron chi connectivity index (χ3n) is 2.04. The second kappa shape index (κ2) is 6.21. The molecular formula is C13H12BrNO2. The summed E-state index contributed by atoms with van der Waals surface area (Å²) in [5, 5.41) is 8.98. The van der Waals surface area contributed by atoms with Crippen molar-refractivity contribution in [2.45, 2.75) is 13.8 Å². The molecule has 0 spiro atoms. The Balaban J connectivity index is 2.86. The second-order valence-electron chi connectivity index (χ2n) is 3.74. The van der Waals surface area contributed by atoms with E-state index in [0.717, 1.165) is 4.47 Å². The summed E-state index contributed by atoms with van der Waals surface area (Å²) in [6.45, 7) is 3.48. The predicted octanol–water partition coefficient (Wildman–Crippen LogP) is 3.51. The van der Waals surface area contributed by atoms with Crippen LogP contribution in [0, 0.1) is 17.2 Å². The Hall–Kier alpha value is -1.60. The van der Waals surface area contributed by atoms with Crippen molar-refractivity contribution in [3.8, 4) is 6.07 Å². The van der Waals surface area contributed by atoms with Gasteiger partial charge in [-0.2, -0.15) is 5.26 Å². The van der Waals surface area contributed by atoms with Crippen molar-refractivity contribution in [1.29, 1.82) is 5.26 Å². The summed E-state index contributed by atoms with van der Waals surface area (Å²) in [5.74, 6) is -0.564. The molecule has 0 saturated carbocycles. The van der Waals surface area contributed by atoms with Crippen LogP contribution >= 0.6 is 15.9 Å². The number of nitrogens with zero attached hydrogens (tertiary/aromatic N) is 1. The van der Waals surface area contributed by atoms with Gasteiger partial charge in [-0.3, -0.25) is 4.79 Å². The Morgan fingerprint density at radius 1 is 1.41 bits per heavy atom. The summed E-state index contributed by atoms with van der Waals surface area (Å²) in [5.41, 5.74) is 1.04. The normalized spacial score (nSPS) is 11.1. The van der Waals surface area contributed by atoms with E-state index in [0.29, 0.717) is 11.1 Å². The number of esters is 1. The van der Waals surface area contributed by atoms with Gasteiger partial charge in [-0.15, -0.1) is 0 Å². The number of benzene rings is 1. The lowest BCUT2D eigenvalue weighted by molar-refractivity contribution is -0.141. The minimum Gasteiger partial charge on any atom is -0.433 e. The molecule has 0 N–H and O–H groups in total. The van der Waals surface area contributed by atoms with E-state index < -0.39 is 0 Å². The molecule has 0 heterocycles. The second-order valence-corrected chi connectivity index (χ2v) is 4.66. The molecule has 17 heavy (non-hydrogen) atoms. The maximum Gasteiger partial charge on any atom is 0.313 e. The summed E-state index contributed by atoms with van der Waals surface area (Å²) in [6.07, 6.45) is 1.20. The number of carbonyl (C=O) groups is 1. The van der Waals surface area contributed by atoms with Crippen LogP contribution in [0.5, 0.6) is 0 Å². The van der Waals surface area contributed by atoms with Crippen LogP contribution in [-0.4, -0.2) is 5.97 Å². The number of rotatable bonds is 3.